The first-order valence-corrected chi connectivity index (χ1v) is 8.62. The van der Waals surface area contributed by atoms with Crippen molar-refractivity contribution in [1.82, 2.24) is 20.2 Å². The molecule has 4 rings (SSSR count). The molecule has 136 valence electrons. The number of amides is 1. The lowest BCUT2D eigenvalue weighted by atomic mass is 10.2. The molecular weight excluding hydrogens is 346 g/mol. The molecule has 1 amide bonds. The molecular formula is C19H17N5O3. The maximum atomic E-state index is 12.3. The summed E-state index contributed by atoms with van der Waals surface area (Å²) in [7, 11) is 0. The Labute approximate surface area is 155 Å². The molecule has 1 aliphatic heterocycles. The van der Waals surface area contributed by atoms with E-state index in [9.17, 15) is 9.59 Å². The average Bonchev–Trinajstić information content (AvgIpc) is 3.36. The van der Waals surface area contributed by atoms with Crippen molar-refractivity contribution in [1.29, 1.82) is 0 Å². The standard InChI is InChI=1S/C19H17N5O3/c25-18-7-4-12-23(18)15-10-8-14(9-11-15)19(26)27-13-17-20-21-22-24(17)16-5-2-1-3-6-16/h1-3,5-6,8-11H,4,7,12-13H2. The Bertz CT molecular complexity index is 953. The van der Waals surface area contributed by atoms with E-state index in [2.05, 4.69) is 15.5 Å². The molecule has 8 nitrogen and oxygen atoms in total. The molecule has 8 heteroatoms. The number of carbonyl (C=O) groups excluding carboxylic acids is 2. The van der Waals surface area contributed by atoms with Gasteiger partial charge in [-0.05, 0) is 53.2 Å². The molecule has 1 fully saturated rings. The Hall–Kier alpha value is -3.55. The third kappa shape index (κ3) is 3.55. The number of ether oxygens (including phenoxy) is 1. The van der Waals surface area contributed by atoms with Gasteiger partial charge in [0.25, 0.3) is 0 Å². The molecule has 0 atom stereocenters. The Balaban J connectivity index is 1.42. The second-order valence-corrected chi connectivity index (χ2v) is 6.11. The molecule has 0 spiro atoms. The van der Waals surface area contributed by atoms with Crippen molar-refractivity contribution in [3.05, 3.63) is 66.0 Å². The van der Waals surface area contributed by atoms with Gasteiger partial charge in [-0.1, -0.05) is 18.2 Å². The van der Waals surface area contributed by atoms with Gasteiger partial charge in [0, 0.05) is 18.7 Å². The molecule has 0 unspecified atom stereocenters. The monoisotopic (exact) mass is 363 g/mol. The summed E-state index contributed by atoms with van der Waals surface area (Å²) in [6.45, 7) is 0.665. The summed E-state index contributed by atoms with van der Waals surface area (Å²) in [6.07, 6.45) is 1.43. The Morgan fingerprint density at radius 2 is 1.81 bits per heavy atom. The lowest BCUT2D eigenvalue weighted by Crippen LogP contribution is -2.23. The molecule has 2 aromatic carbocycles. The largest absolute Gasteiger partial charge is 0.454 e. The maximum absolute atomic E-state index is 12.3. The summed E-state index contributed by atoms with van der Waals surface area (Å²) in [5.74, 6) is 0.0591. The fourth-order valence-electron chi connectivity index (χ4n) is 2.98. The molecule has 27 heavy (non-hydrogen) atoms. The van der Waals surface area contributed by atoms with Crippen molar-refractivity contribution in [2.24, 2.45) is 0 Å². The minimum absolute atomic E-state index is 0.0485. The van der Waals surface area contributed by atoms with E-state index >= 15 is 0 Å². The predicted molar refractivity (Wildman–Crippen MR) is 96.3 cm³/mol. The SMILES string of the molecule is O=C(OCc1nnnn1-c1ccccc1)c1ccc(N2CCCC2=O)cc1. The van der Waals surface area contributed by atoms with Crippen molar-refractivity contribution in [3.63, 3.8) is 0 Å². The van der Waals surface area contributed by atoms with E-state index in [1.54, 1.807) is 29.2 Å². The molecule has 1 aliphatic rings. The number of anilines is 1. The van der Waals surface area contributed by atoms with Crippen LogP contribution < -0.4 is 4.90 Å². The highest BCUT2D eigenvalue weighted by Crippen LogP contribution is 2.22. The molecule has 2 heterocycles. The first-order chi connectivity index (χ1) is 13.2. The van der Waals surface area contributed by atoms with Gasteiger partial charge in [-0.2, -0.15) is 4.68 Å². The van der Waals surface area contributed by atoms with Crippen LogP contribution in [0.4, 0.5) is 5.69 Å². The van der Waals surface area contributed by atoms with Crippen LogP contribution in [0.5, 0.6) is 0 Å². The quantitative estimate of drug-likeness (QED) is 0.645. The molecule has 0 N–H and O–H groups in total. The van der Waals surface area contributed by atoms with E-state index in [1.807, 2.05) is 30.3 Å². The van der Waals surface area contributed by atoms with Gasteiger partial charge in [0.2, 0.25) is 5.91 Å². The van der Waals surface area contributed by atoms with Crippen molar-refractivity contribution in [3.8, 4) is 5.69 Å². The van der Waals surface area contributed by atoms with E-state index in [4.69, 9.17) is 4.74 Å². The zero-order valence-corrected chi connectivity index (χ0v) is 14.5. The number of nitrogens with zero attached hydrogens (tertiary/aromatic N) is 5. The molecule has 1 aromatic heterocycles. The third-order valence-corrected chi connectivity index (χ3v) is 4.36. The van der Waals surface area contributed by atoms with Gasteiger partial charge in [0.1, 0.15) is 0 Å². The molecule has 0 aliphatic carbocycles. The lowest BCUT2D eigenvalue weighted by Gasteiger charge is -2.15. The normalized spacial score (nSPS) is 13.8. The van der Waals surface area contributed by atoms with Gasteiger partial charge >= 0.3 is 5.97 Å². The van der Waals surface area contributed by atoms with Gasteiger partial charge < -0.3 is 9.64 Å². The van der Waals surface area contributed by atoms with Crippen LogP contribution in [0.2, 0.25) is 0 Å². The second-order valence-electron chi connectivity index (χ2n) is 6.11. The van der Waals surface area contributed by atoms with Crippen LogP contribution in [0.15, 0.2) is 54.6 Å². The fourth-order valence-corrected chi connectivity index (χ4v) is 2.98. The number of tetrazole rings is 1. The lowest BCUT2D eigenvalue weighted by molar-refractivity contribution is -0.117. The summed E-state index contributed by atoms with van der Waals surface area (Å²) in [4.78, 5) is 25.8. The summed E-state index contributed by atoms with van der Waals surface area (Å²) in [5.41, 5.74) is 1.99. The molecule has 0 bridgehead atoms. The average molecular weight is 363 g/mol. The van der Waals surface area contributed by atoms with Crippen molar-refractivity contribution >= 4 is 17.6 Å². The van der Waals surface area contributed by atoms with Gasteiger partial charge in [-0.25, -0.2) is 4.79 Å². The van der Waals surface area contributed by atoms with Crippen LogP contribution in [0, 0.1) is 0 Å². The number of aromatic nitrogens is 4. The van der Waals surface area contributed by atoms with E-state index in [0.29, 0.717) is 24.4 Å². The van der Waals surface area contributed by atoms with E-state index in [-0.39, 0.29) is 12.5 Å². The number of esters is 1. The highest BCUT2D eigenvalue weighted by molar-refractivity contribution is 5.96. The van der Waals surface area contributed by atoms with Crippen LogP contribution in [-0.2, 0) is 16.1 Å². The summed E-state index contributed by atoms with van der Waals surface area (Å²) < 4.78 is 6.86. The van der Waals surface area contributed by atoms with E-state index in [1.165, 1.54) is 4.68 Å². The zero-order valence-electron chi connectivity index (χ0n) is 14.5. The van der Waals surface area contributed by atoms with Crippen LogP contribution in [0.25, 0.3) is 5.69 Å². The van der Waals surface area contributed by atoms with Crippen molar-refractivity contribution in [2.45, 2.75) is 19.4 Å². The number of rotatable bonds is 5. The first kappa shape index (κ1) is 16.9. The van der Waals surface area contributed by atoms with Crippen molar-refractivity contribution < 1.29 is 14.3 Å². The van der Waals surface area contributed by atoms with Gasteiger partial charge in [0.05, 0.1) is 11.3 Å². The van der Waals surface area contributed by atoms with Gasteiger partial charge in [-0.15, -0.1) is 5.10 Å². The van der Waals surface area contributed by atoms with Crippen LogP contribution in [-0.4, -0.2) is 38.6 Å². The number of benzene rings is 2. The van der Waals surface area contributed by atoms with Gasteiger partial charge in [-0.3, -0.25) is 4.79 Å². The fraction of sp³-hybridized carbons (Fsp3) is 0.211. The van der Waals surface area contributed by atoms with Crippen LogP contribution in [0.1, 0.15) is 29.0 Å². The van der Waals surface area contributed by atoms with Gasteiger partial charge in [0.15, 0.2) is 12.4 Å². The maximum Gasteiger partial charge on any atom is 0.338 e. The highest BCUT2D eigenvalue weighted by atomic mass is 16.5. The van der Waals surface area contributed by atoms with Crippen LogP contribution in [0.3, 0.4) is 0 Å². The van der Waals surface area contributed by atoms with E-state index in [0.717, 1.165) is 17.8 Å². The number of hydrogen-bond donors (Lipinski definition) is 0. The minimum Gasteiger partial charge on any atom is -0.454 e. The Morgan fingerprint density at radius 3 is 2.52 bits per heavy atom. The summed E-state index contributed by atoms with van der Waals surface area (Å²) in [6, 6.07) is 16.2. The molecule has 0 radical (unpaired) electrons. The second kappa shape index (κ2) is 7.36. The first-order valence-electron chi connectivity index (χ1n) is 8.62. The zero-order chi connectivity index (χ0) is 18.6. The van der Waals surface area contributed by atoms with E-state index < -0.39 is 5.97 Å². The smallest absolute Gasteiger partial charge is 0.338 e. The number of hydrogen-bond acceptors (Lipinski definition) is 6. The molecule has 0 saturated carbocycles. The topological polar surface area (TPSA) is 90.2 Å². The summed E-state index contributed by atoms with van der Waals surface area (Å²) in [5, 5.41) is 11.5. The molecule has 3 aromatic rings. The highest BCUT2D eigenvalue weighted by Gasteiger charge is 2.22. The Kier molecular flexibility index (Phi) is 4.61. The summed E-state index contributed by atoms with van der Waals surface area (Å²) >= 11 is 0. The third-order valence-electron chi connectivity index (χ3n) is 4.36. The van der Waals surface area contributed by atoms with Crippen molar-refractivity contribution in [2.75, 3.05) is 11.4 Å². The Morgan fingerprint density at radius 1 is 1.04 bits per heavy atom. The van der Waals surface area contributed by atoms with Crippen LogP contribution >= 0.6 is 0 Å². The minimum atomic E-state index is -0.475. The predicted octanol–water partition coefficient (Wildman–Crippen LogP) is 2.15. The number of para-hydroxylation sites is 1. The number of carbonyl (C=O) groups is 2. The molecule has 1 saturated heterocycles.